The molecule has 4 heteroatoms. The SMILES string of the molecule is O=C(c1cccnc1-c1cccc(O)c1)N1CCCC1. The summed E-state index contributed by atoms with van der Waals surface area (Å²) >= 11 is 0. The largest absolute Gasteiger partial charge is 0.508 e. The van der Waals surface area contributed by atoms with Crippen LogP contribution in [-0.4, -0.2) is 34.0 Å². The highest BCUT2D eigenvalue weighted by atomic mass is 16.3. The van der Waals surface area contributed by atoms with Crippen LogP contribution in [0.5, 0.6) is 5.75 Å². The van der Waals surface area contributed by atoms with Gasteiger partial charge in [0, 0.05) is 24.8 Å². The molecule has 1 aromatic carbocycles. The number of likely N-dealkylation sites (tertiary alicyclic amines) is 1. The van der Waals surface area contributed by atoms with Gasteiger partial charge in [0.05, 0.1) is 11.3 Å². The molecule has 1 N–H and O–H groups in total. The number of aromatic hydroxyl groups is 1. The summed E-state index contributed by atoms with van der Waals surface area (Å²) in [6.07, 6.45) is 3.79. The normalized spacial score (nSPS) is 14.5. The van der Waals surface area contributed by atoms with Crippen LogP contribution >= 0.6 is 0 Å². The average Bonchev–Trinajstić information content (AvgIpc) is 3.01. The van der Waals surface area contributed by atoms with Crippen molar-refractivity contribution in [1.29, 1.82) is 0 Å². The molecule has 1 aromatic heterocycles. The van der Waals surface area contributed by atoms with Crippen LogP contribution in [-0.2, 0) is 0 Å². The van der Waals surface area contributed by atoms with Gasteiger partial charge in [-0.15, -0.1) is 0 Å². The minimum Gasteiger partial charge on any atom is -0.508 e. The summed E-state index contributed by atoms with van der Waals surface area (Å²) in [5.41, 5.74) is 1.98. The van der Waals surface area contributed by atoms with E-state index in [1.165, 1.54) is 0 Å². The first-order valence-electron chi connectivity index (χ1n) is 6.79. The fourth-order valence-electron chi connectivity index (χ4n) is 2.55. The number of phenolic OH excluding ortho intramolecular Hbond substituents is 1. The topological polar surface area (TPSA) is 53.4 Å². The Kier molecular flexibility index (Phi) is 3.37. The van der Waals surface area contributed by atoms with Crippen molar-refractivity contribution in [3.05, 3.63) is 48.2 Å². The van der Waals surface area contributed by atoms with E-state index in [0.717, 1.165) is 31.5 Å². The first-order valence-corrected chi connectivity index (χ1v) is 6.79. The summed E-state index contributed by atoms with van der Waals surface area (Å²) in [6.45, 7) is 1.63. The molecular formula is C16H16N2O2. The molecule has 0 bridgehead atoms. The van der Waals surface area contributed by atoms with Crippen molar-refractivity contribution in [3.8, 4) is 17.0 Å². The summed E-state index contributed by atoms with van der Waals surface area (Å²) in [5.74, 6) is 0.196. The number of hydrogen-bond donors (Lipinski definition) is 1. The fraction of sp³-hybridized carbons (Fsp3) is 0.250. The second kappa shape index (κ2) is 5.33. The zero-order valence-electron chi connectivity index (χ0n) is 11.1. The second-order valence-corrected chi connectivity index (χ2v) is 4.95. The van der Waals surface area contributed by atoms with Crippen LogP contribution in [0.25, 0.3) is 11.3 Å². The maximum absolute atomic E-state index is 12.5. The molecule has 3 rings (SSSR count). The molecule has 4 nitrogen and oxygen atoms in total. The van der Waals surface area contributed by atoms with Crippen LogP contribution in [0.15, 0.2) is 42.6 Å². The molecule has 1 fully saturated rings. The average molecular weight is 268 g/mol. The van der Waals surface area contributed by atoms with E-state index in [0.29, 0.717) is 11.3 Å². The lowest BCUT2D eigenvalue weighted by Gasteiger charge is -2.17. The minimum absolute atomic E-state index is 0.0222. The van der Waals surface area contributed by atoms with Crippen molar-refractivity contribution in [2.24, 2.45) is 0 Å². The van der Waals surface area contributed by atoms with Crippen LogP contribution in [0.1, 0.15) is 23.2 Å². The molecule has 1 aliphatic rings. The van der Waals surface area contributed by atoms with Gasteiger partial charge < -0.3 is 10.0 Å². The van der Waals surface area contributed by atoms with E-state index >= 15 is 0 Å². The summed E-state index contributed by atoms with van der Waals surface area (Å²) in [6, 6.07) is 10.4. The molecule has 1 aliphatic heterocycles. The molecule has 0 unspecified atom stereocenters. The molecule has 0 spiro atoms. The molecule has 102 valence electrons. The number of nitrogens with zero attached hydrogens (tertiary/aromatic N) is 2. The number of carbonyl (C=O) groups is 1. The number of aromatic nitrogens is 1. The smallest absolute Gasteiger partial charge is 0.256 e. The Balaban J connectivity index is 2.02. The maximum atomic E-state index is 12.5. The number of amides is 1. The Morgan fingerprint density at radius 1 is 1.15 bits per heavy atom. The first-order chi connectivity index (χ1) is 9.75. The van der Waals surface area contributed by atoms with E-state index < -0.39 is 0 Å². The van der Waals surface area contributed by atoms with Crippen LogP contribution in [0, 0.1) is 0 Å². The third-order valence-corrected chi connectivity index (χ3v) is 3.55. The van der Waals surface area contributed by atoms with Crippen molar-refractivity contribution in [3.63, 3.8) is 0 Å². The number of pyridine rings is 1. The van der Waals surface area contributed by atoms with Gasteiger partial charge in [0.25, 0.3) is 5.91 Å². The molecule has 2 aromatic rings. The molecule has 2 heterocycles. The first kappa shape index (κ1) is 12.7. The van der Waals surface area contributed by atoms with Gasteiger partial charge in [-0.25, -0.2) is 0 Å². The summed E-state index contributed by atoms with van der Waals surface area (Å²) in [5, 5.41) is 9.59. The van der Waals surface area contributed by atoms with Gasteiger partial charge in [0.2, 0.25) is 0 Å². The van der Waals surface area contributed by atoms with Crippen LogP contribution in [0.3, 0.4) is 0 Å². The zero-order valence-corrected chi connectivity index (χ0v) is 11.1. The zero-order chi connectivity index (χ0) is 13.9. The highest BCUT2D eigenvalue weighted by Gasteiger charge is 2.22. The Morgan fingerprint density at radius 2 is 1.95 bits per heavy atom. The summed E-state index contributed by atoms with van der Waals surface area (Å²) in [4.78, 5) is 18.7. The van der Waals surface area contributed by atoms with Crippen molar-refractivity contribution in [2.45, 2.75) is 12.8 Å². The predicted molar refractivity (Wildman–Crippen MR) is 76.5 cm³/mol. The van der Waals surface area contributed by atoms with E-state index in [2.05, 4.69) is 4.98 Å². The lowest BCUT2D eigenvalue weighted by Crippen LogP contribution is -2.28. The van der Waals surface area contributed by atoms with Crippen LogP contribution in [0.4, 0.5) is 0 Å². The van der Waals surface area contributed by atoms with E-state index in [-0.39, 0.29) is 11.7 Å². The fourth-order valence-corrected chi connectivity index (χ4v) is 2.55. The highest BCUT2D eigenvalue weighted by Crippen LogP contribution is 2.26. The number of rotatable bonds is 2. The Labute approximate surface area is 117 Å². The number of carbonyl (C=O) groups excluding carboxylic acids is 1. The van der Waals surface area contributed by atoms with E-state index in [4.69, 9.17) is 0 Å². The molecule has 0 aliphatic carbocycles. The third kappa shape index (κ3) is 2.37. The molecule has 0 saturated carbocycles. The van der Waals surface area contributed by atoms with Gasteiger partial charge >= 0.3 is 0 Å². The standard InChI is InChI=1S/C16H16N2O2/c19-13-6-3-5-12(11-13)15-14(7-4-8-17-15)16(20)18-9-1-2-10-18/h3-8,11,19H,1-2,9-10H2. The molecule has 20 heavy (non-hydrogen) atoms. The summed E-state index contributed by atoms with van der Waals surface area (Å²) < 4.78 is 0. The molecule has 0 radical (unpaired) electrons. The third-order valence-electron chi connectivity index (χ3n) is 3.55. The molecule has 0 atom stereocenters. The van der Waals surface area contributed by atoms with Gasteiger partial charge in [0.15, 0.2) is 0 Å². The van der Waals surface area contributed by atoms with E-state index in [9.17, 15) is 9.90 Å². The van der Waals surface area contributed by atoms with Crippen LogP contribution < -0.4 is 0 Å². The maximum Gasteiger partial charge on any atom is 0.256 e. The van der Waals surface area contributed by atoms with Crippen LogP contribution in [0.2, 0.25) is 0 Å². The number of phenols is 1. The quantitative estimate of drug-likeness (QED) is 0.911. The van der Waals surface area contributed by atoms with Gasteiger partial charge in [-0.3, -0.25) is 9.78 Å². The van der Waals surface area contributed by atoms with Gasteiger partial charge in [-0.1, -0.05) is 12.1 Å². The van der Waals surface area contributed by atoms with E-state index in [1.807, 2.05) is 11.0 Å². The van der Waals surface area contributed by atoms with Gasteiger partial charge in [-0.2, -0.15) is 0 Å². The summed E-state index contributed by atoms with van der Waals surface area (Å²) in [7, 11) is 0. The Morgan fingerprint density at radius 3 is 2.70 bits per heavy atom. The number of benzene rings is 1. The lowest BCUT2D eigenvalue weighted by molar-refractivity contribution is 0.0793. The predicted octanol–water partition coefficient (Wildman–Crippen LogP) is 2.69. The minimum atomic E-state index is 0.0222. The Bertz CT molecular complexity index is 634. The van der Waals surface area contributed by atoms with Crippen molar-refractivity contribution < 1.29 is 9.90 Å². The molecule has 1 saturated heterocycles. The molecular weight excluding hydrogens is 252 g/mol. The highest BCUT2D eigenvalue weighted by molar-refractivity contribution is 6.00. The van der Waals surface area contributed by atoms with Crippen molar-refractivity contribution >= 4 is 5.91 Å². The van der Waals surface area contributed by atoms with E-state index in [1.54, 1.807) is 36.5 Å². The molecule has 1 amide bonds. The lowest BCUT2D eigenvalue weighted by atomic mass is 10.0. The van der Waals surface area contributed by atoms with Crippen molar-refractivity contribution in [2.75, 3.05) is 13.1 Å². The Hall–Kier alpha value is -2.36. The monoisotopic (exact) mass is 268 g/mol. The van der Waals surface area contributed by atoms with Crippen molar-refractivity contribution in [1.82, 2.24) is 9.88 Å². The number of hydrogen-bond acceptors (Lipinski definition) is 3. The van der Waals surface area contributed by atoms with Gasteiger partial charge in [-0.05, 0) is 37.1 Å². The van der Waals surface area contributed by atoms with Gasteiger partial charge in [0.1, 0.15) is 5.75 Å². The second-order valence-electron chi connectivity index (χ2n) is 4.95.